The normalized spacial score (nSPS) is 10.9. The molecule has 2 aromatic rings. The molecular weight excluding hydrogens is 226 g/mol. The molecule has 0 radical (unpaired) electrons. The predicted octanol–water partition coefficient (Wildman–Crippen LogP) is 2.80. The summed E-state index contributed by atoms with van der Waals surface area (Å²) < 4.78 is 7.30. The lowest BCUT2D eigenvalue weighted by molar-refractivity contribution is 0.416. The zero-order valence-electron chi connectivity index (χ0n) is 11.3. The molecule has 2 rings (SSSR count). The molecule has 0 fully saturated rings. The molecule has 96 valence electrons. The molecule has 0 unspecified atom stereocenters. The summed E-state index contributed by atoms with van der Waals surface area (Å²) in [4.78, 5) is 4.65. The molecule has 1 aromatic heterocycles. The van der Waals surface area contributed by atoms with Crippen molar-refractivity contribution in [1.29, 1.82) is 0 Å². The van der Waals surface area contributed by atoms with Crippen LogP contribution >= 0.6 is 0 Å². The van der Waals surface area contributed by atoms with Crippen LogP contribution in [-0.2, 0) is 7.05 Å². The highest BCUT2D eigenvalue weighted by Crippen LogP contribution is 2.34. The van der Waals surface area contributed by atoms with Crippen molar-refractivity contribution in [1.82, 2.24) is 9.55 Å². The second-order valence-electron chi connectivity index (χ2n) is 4.62. The van der Waals surface area contributed by atoms with Crippen molar-refractivity contribution < 1.29 is 4.74 Å². The van der Waals surface area contributed by atoms with Crippen LogP contribution in [0.15, 0.2) is 24.3 Å². The van der Waals surface area contributed by atoms with Crippen LogP contribution in [0.2, 0.25) is 0 Å². The minimum Gasteiger partial charge on any atom is -0.496 e. The van der Waals surface area contributed by atoms with E-state index in [-0.39, 0.29) is 0 Å². The van der Waals surface area contributed by atoms with E-state index in [0.717, 1.165) is 22.8 Å². The van der Waals surface area contributed by atoms with Gasteiger partial charge in [-0.1, -0.05) is 26.0 Å². The van der Waals surface area contributed by atoms with E-state index in [4.69, 9.17) is 10.5 Å². The molecule has 1 heterocycles. The van der Waals surface area contributed by atoms with E-state index in [9.17, 15) is 0 Å². The number of hydrogen-bond acceptors (Lipinski definition) is 3. The van der Waals surface area contributed by atoms with Crippen LogP contribution in [-0.4, -0.2) is 16.7 Å². The number of hydrogen-bond donors (Lipinski definition) is 1. The van der Waals surface area contributed by atoms with Crippen molar-refractivity contribution in [2.45, 2.75) is 19.8 Å². The highest BCUT2D eigenvalue weighted by molar-refractivity contribution is 5.76. The van der Waals surface area contributed by atoms with Gasteiger partial charge < -0.3 is 15.0 Å². The van der Waals surface area contributed by atoms with Gasteiger partial charge in [0.05, 0.1) is 7.11 Å². The number of aromatic nitrogens is 2. The Hall–Kier alpha value is -1.97. The van der Waals surface area contributed by atoms with Crippen LogP contribution in [0.5, 0.6) is 5.75 Å². The van der Waals surface area contributed by atoms with Gasteiger partial charge in [0, 0.05) is 18.5 Å². The van der Waals surface area contributed by atoms with E-state index in [2.05, 4.69) is 18.8 Å². The molecule has 0 atom stereocenters. The Balaban J connectivity index is 2.61. The van der Waals surface area contributed by atoms with Crippen molar-refractivity contribution in [3.63, 3.8) is 0 Å². The van der Waals surface area contributed by atoms with Crippen LogP contribution in [0.4, 0.5) is 5.82 Å². The zero-order valence-corrected chi connectivity index (χ0v) is 11.3. The maximum absolute atomic E-state index is 6.14. The lowest BCUT2D eigenvalue weighted by Gasteiger charge is -2.06. The smallest absolute Gasteiger partial charge is 0.131 e. The van der Waals surface area contributed by atoms with Gasteiger partial charge in [-0.2, -0.15) is 0 Å². The summed E-state index contributed by atoms with van der Waals surface area (Å²) in [6, 6.07) is 7.78. The maximum atomic E-state index is 6.14. The van der Waals surface area contributed by atoms with Gasteiger partial charge in [0.2, 0.25) is 0 Å². The molecule has 0 aliphatic rings. The van der Waals surface area contributed by atoms with Gasteiger partial charge in [-0.15, -0.1) is 0 Å². The van der Waals surface area contributed by atoms with E-state index < -0.39 is 0 Å². The van der Waals surface area contributed by atoms with E-state index in [1.807, 2.05) is 35.9 Å². The van der Waals surface area contributed by atoms with Crippen molar-refractivity contribution in [2.75, 3.05) is 12.8 Å². The number of nitrogens with two attached hydrogens (primary N) is 1. The molecule has 0 aliphatic carbocycles. The van der Waals surface area contributed by atoms with Crippen molar-refractivity contribution in [3.05, 3.63) is 30.1 Å². The number of nitrogens with zero attached hydrogens (tertiary/aromatic N) is 2. The first kappa shape index (κ1) is 12.5. The Morgan fingerprint density at radius 3 is 2.50 bits per heavy atom. The predicted molar refractivity (Wildman–Crippen MR) is 73.7 cm³/mol. The van der Waals surface area contributed by atoms with E-state index in [0.29, 0.717) is 11.7 Å². The van der Waals surface area contributed by atoms with Crippen LogP contribution in [0.3, 0.4) is 0 Å². The Morgan fingerprint density at radius 2 is 1.94 bits per heavy atom. The number of methoxy groups -OCH3 is 1. The van der Waals surface area contributed by atoms with Gasteiger partial charge in [0.15, 0.2) is 0 Å². The number of ether oxygens (including phenoxy) is 1. The topological polar surface area (TPSA) is 53.1 Å². The zero-order chi connectivity index (χ0) is 13.3. The molecule has 0 saturated carbocycles. The fraction of sp³-hybridized carbons (Fsp3) is 0.357. The summed E-state index contributed by atoms with van der Waals surface area (Å²) in [6.45, 7) is 4.21. The highest BCUT2D eigenvalue weighted by atomic mass is 16.5. The number of benzene rings is 1. The SMILES string of the molecule is COc1ccccc1-c1nc(C(C)C)n(C)c1N. The summed E-state index contributed by atoms with van der Waals surface area (Å²) in [6.07, 6.45) is 0. The van der Waals surface area contributed by atoms with Crippen molar-refractivity contribution in [2.24, 2.45) is 7.05 Å². The minimum absolute atomic E-state index is 0.334. The standard InChI is InChI=1S/C14H19N3O/c1-9(2)14-16-12(13(15)17(14)3)10-7-5-6-8-11(10)18-4/h5-9H,15H2,1-4H3. The second kappa shape index (κ2) is 4.72. The first-order chi connectivity index (χ1) is 8.56. The quantitative estimate of drug-likeness (QED) is 0.904. The van der Waals surface area contributed by atoms with E-state index >= 15 is 0 Å². The number of imidazole rings is 1. The summed E-state index contributed by atoms with van der Waals surface area (Å²) in [5.74, 6) is 2.77. The third-order valence-electron chi connectivity index (χ3n) is 3.05. The summed E-state index contributed by atoms with van der Waals surface area (Å²) in [7, 11) is 3.60. The first-order valence-corrected chi connectivity index (χ1v) is 6.01. The monoisotopic (exact) mass is 245 g/mol. The van der Waals surface area contributed by atoms with Crippen molar-refractivity contribution in [3.8, 4) is 17.0 Å². The first-order valence-electron chi connectivity index (χ1n) is 6.01. The Kier molecular flexibility index (Phi) is 3.28. The lowest BCUT2D eigenvalue weighted by Crippen LogP contribution is -2.02. The second-order valence-corrected chi connectivity index (χ2v) is 4.62. The van der Waals surface area contributed by atoms with E-state index in [1.54, 1.807) is 7.11 Å². The molecule has 0 spiro atoms. The fourth-order valence-electron chi connectivity index (χ4n) is 2.08. The summed E-state index contributed by atoms with van der Waals surface area (Å²) >= 11 is 0. The highest BCUT2D eigenvalue weighted by Gasteiger charge is 2.18. The van der Waals surface area contributed by atoms with Gasteiger partial charge in [-0.25, -0.2) is 4.98 Å². The summed E-state index contributed by atoms with van der Waals surface area (Å²) in [5, 5.41) is 0. The molecule has 0 saturated heterocycles. The molecule has 1 aromatic carbocycles. The van der Waals surface area contributed by atoms with Gasteiger partial charge in [0.1, 0.15) is 23.1 Å². The summed E-state index contributed by atoms with van der Waals surface area (Å²) in [5.41, 5.74) is 7.86. The van der Waals surface area contributed by atoms with Gasteiger partial charge in [-0.3, -0.25) is 0 Å². The lowest BCUT2D eigenvalue weighted by atomic mass is 10.1. The molecular formula is C14H19N3O. The third kappa shape index (κ3) is 1.94. The molecule has 0 aliphatic heterocycles. The van der Waals surface area contributed by atoms with Crippen molar-refractivity contribution >= 4 is 5.82 Å². The maximum Gasteiger partial charge on any atom is 0.131 e. The number of nitrogen functional groups attached to an aromatic ring is 1. The Labute approximate surface area is 107 Å². The number of anilines is 1. The van der Waals surface area contributed by atoms with Crippen LogP contribution in [0, 0.1) is 0 Å². The molecule has 0 bridgehead atoms. The molecule has 2 N–H and O–H groups in total. The van der Waals surface area contributed by atoms with E-state index in [1.165, 1.54) is 0 Å². The fourth-order valence-corrected chi connectivity index (χ4v) is 2.08. The van der Waals surface area contributed by atoms with Crippen LogP contribution in [0.25, 0.3) is 11.3 Å². The minimum atomic E-state index is 0.334. The van der Waals surface area contributed by atoms with Crippen LogP contribution in [0.1, 0.15) is 25.6 Å². The molecule has 18 heavy (non-hydrogen) atoms. The molecule has 4 heteroatoms. The number of para-hydroxylation sites is 1. The van der Waals surface area contributed by atoms with Gasteiger partial charge >= 0.3 is 0 Å². The van der Waals surface area contributed by atoms with Crippen LogP contribution < -0.4 is 10.5 Å². The Morgan fingerprint density at radius 1 is 1.28 bits per heavy atom. The third-order valence-corrected chi connectivity index (χ3v) is 3.05. The molecule has 0 amide bonds. The molecule has 4 nitrogen and oxygen atoms in total. The van der Waals surface area contributed by atoms with Gasteiger partial charge in [0.25, 0.3) is 0 Å². The Bertz CT molecular complexity index is 558. The average Bonchev–Trinajstić information content (AvgIpc) is 2.66. The number of rotatable bonds is 3. The largest absolute Gasteiger partial charge is 0.496 e. The average molecular weight is 245 g/mol. The van der Waals surface area contributed by atoms with Gasteiger partial charge in [-0.05, 0) is 12.1 Å².